The molecule has 0 bridgehead atoms. The number of aromatic carboxylic acids is 1. The Morgan fingerprint density at radius 1 is 0.950 bits per heavy atom. The van der Waals surface area contributed by atoms with Crippen molar-refractivity contribution in [2.75, 3.05) is 5.32 Å². The first-order valence-electron chi connectivity index (χ1n) is 6.19. The number of hydrogen-bond acceptors (Lipinski definition) is 2. The van der Waals surface area contributed by atoms with Crippen LogP contribution in [0.1, 0.15) is 31.8 Å². The molecule has 0 aliphatic rings. The summed E-state index contributed by atoms with van der Waals surface area (Å²) in [5.74, 6) is -1.27. The van der Waals surface area contributed by atoms with Crippen LogP contribution in [-0.4, -0.2) is 17.0 Å². The monoisotopic (exact) mass is 269 g/mol. The van der Waals surface area contributed by atoms with Crippen molar-refractivity contribution in [1.82, 2.24) is 0 Å². The molecule has 2 N–H and O–H groups in total. The van der Waals surface area contributed by atoms with Crippen molar-refractivity contribution in [3.05, 3.63) is 64.7 Å². The van der Waals surface area contributed by atoms with E-state index >= 15 is 0 Å². The molecule has 20 heavy (non-hydrogen) atoms. The first-order valence-corrected chi connectivity index (χ1v) is 6.19. The van der Waals surface area contributed by atoms with Gasteiger partial charge in [-0.2, -0.15) is 0 Å². The summed E-state index contributed by atoms with van der Waals surface area (Å²) in [6, 6.07) is 11.7. The second-order valence-electron chi connectivity index (χ2n) is 4.72. The molecular weight excluding hydrogens is 254 g/mol. The van der Waals surface area contributed by atoms with E-state index < -0.39 is 5.97 Å². The molecule has 0 saturated heterocycles. The fraction of sp³-hybridized carbons (Fsp3) is 0.125. The number of carboxylic acid groups (broad SMARTS) is 1. The molecule has 0 saturated carbocycles. The predicted octanol–water partition coefficient (Wildman–Crippen LogP) is 3.25. The zero-order valence-electron chi connectivity index (χ0n) is 11.3. The summed E-state index contributed by atoms with van der Waals surface area (Å²) in [5, 5.41) is 11.6. The standard InChI is InChI=1S/C16H15NO3/c1-10-6-11(2)8-13(7-10)15(18)17-14-5-3-4-12(9-14)16(19)20/h3-9H,1-2H3,(H,17,18)(H,19,20). The number of nitrogens with one attached hydrogen (secondary N) is 1. The van der Waals surface area contributed by atoms with E-state index in [2.05, 4.69) is 5.32 Å². The van der Waals surface area contributed by atoms with E-state index in [0.717, 1.165) is 11.1 Å². The lowest BCUT2D eigenvalue weighted by molar-refractivity contribution is 0.0696. The summed E-state index contributed by atoms with van der Waals surface area (Å²) >= 11 is 0. The fourth-order valence-corrected chi connectivity index (χ4v) is 2.04. The Kier molecular flexibility index (Phi) is 3.84. The first-order chi connectivity index (χ1) is 9.45. The minimum absolute atomic E-state index is 0.142. The van der Waals surface area contributed by atoms with Gasteiger partial charge in [-0.15, -0.1) is 0 Å². The van der Waals surface area contributed by atoms with Gasteiger partial charge in [0.05, 0.1) is 5.56 Å². The normalized spacial score (nSPS) is 10.1. The maximum Gasteiger partial charge on any atom is 0.335 e. The summed E-state index contributed by atoms with van der Waals surface area (Å²) in [6.45, 7) is 3.85. The van der Waals surface area contributed by atoms with Crippen LogP contribution >= 0.6 is 0 Å². The van der Waals surface area contributed by atoms with Gasteiger partial charge in [-0.05, 0) is 44.2 Å². The number of anilines is 1. The summed E-state index contributed by atoms with van der Waals surface area (Å²) in [6.07, 6.45) is 0. The molecule has 1 amide bonds. The average Bonchev–Trinajstić information content (AvgIpc) is 2.37. The molecule has 0 aromatic heterocycles. The van der Waals surface area contributed by atoms with Crippen molar-refractivity contribution < 1.29 is 14.7 Å². The van der Waals surface area contributed by atoms with Crippen molar-refractivity contribution in [2.45, 2.75) is 13.8 Å². The lowest BCUT2D eigenvalue weighted by Gasteiger charge is -2.07. The van der Waals surface area contributed by atoms with Gasteiger partial charge >= 0.3 is 5.97 Å². The Morgan fingerprint density at radius 3 is 2.20 bits per heavy atom. The summed E-state index contributed by atoms with van der Waals surface area (Å²) < 4.78 is 0. The molecule has 102 valence electrons. The Balaban J connectivity index is 2.23. The number of aryl methyl sites for hydroxylation is 2. The molecule has 0 fully saturated rings. The number of benzene rings is 2. The van der Waals surface area contributed by atoms with Crippen LogP contribution < -0.4 is 5.32 Å². The Hall–Kier alpha value is -2.62. The molecule has 0 spiro atoms. The van der Waals surface area contributed by atoms with Crippen LogP contribution in [0.15, 0.2) is 42.5 Å². The van der Waals surface area contributed by atoms with Crippen molar-refractivity contribution in [2.24, 2.45) is 0 Å². The second-order valence-corrected chi connectivity index (χ2v) is 4.72. The zero-order chi connectivity index (χ0) is 14.7. The fourth-order valence-electron chi connectivity index (χ4n) is 2.04. The third-order valence-corrected chi connectivity index (χ3v) is 2.85. The minimum atomic E-state index is -1.02. The number of carboxylic acids is 1. The van der Waals surface area contributed by atoms with Crippen molar-refractivity contribution in [3.63, 3.8) is 0 Å². The lowest BCUT2D eigenvalue weighted by Crippen LogP contribution is -2.12. The van der Waals surface area contributed by atoms with Crippen LogP contribution in [0, 0.1) is 13.8 Å². The third kappa shape index (κ3) is 3.23. The molecule has 0 heterocycles. The average molecular weight is 269 g/mol. The molecule has 0 atom stereocenters. The molecule has 0 radical (unpaired) electrons. The van der Waals surface area contributed by atoms with Gasteiger partial charge < -0.3 is 10.4 Å². The highest BCUT2D eigenvalue weighted by Gasteiger charge is 2.09. The van der Waals surface area contributed by atoms with Gasteiger partial charge in [0.1, 0.15) is 0 Å². The molecule has 4 nitrogen and oxygen atoms in total. The molecule has 0 aliphatic heterocycles. The highest BCUT2D eigenvalue weighted by molar-refractivity contribution is 6.05. The topological polar surface area (TPSA) is 66.4 Å². The Labute approximate surface area is 117 Å². The molecule has 2 aromatic rings. The summed E-state index contributed by atoms with van der Waals surface area (Å²) in [5.41, 5.74) is 3.18. The van der Waals surface area contributed by atoms with Crippen LogP contribution in [0.2, 0.25) is 0 Å². The number of carbonyl (C=O) groups is 2. The minimum Gasteiger partial charge on any atom is -0.478 e. The molecule has 4 heteroatoms. The van der Waals surface area contributed by atoms with Crippen LogP contribution in [0.4, 0.5) is 5.69 Å². The highest BCUT2D eigenvalue weighted by Crippen LogP contribution is 2.14. The SMILES string of the molecule is Cc1cc(C)cc(C(=O)Nc2cccc(C(=O)O)c2)c1. The van der Waals surface area contributed by atoms with Crippen molar-refractivity contribution >= 4 is 17.6 Å². The lowest BCUT2D eigenvalue weighted by atomic mass is 10.1. The molecule has 0 unspecified atom stereocenters. The van der Waals surface area contributed by atoms with Gasteiger partial charge in [0.25, 0.3) is 5.91 Å². The van der Waals surface area contributed by atoms with E-state index in [1.807, 2.05) is 19.9 Å². The summed E-state index contributed by atoms with van der Waals surface area (Å²) in [7, 11) is 0. The van der Waals surface area contributed by atoms with E-state index in [4.69, 9.17) is 5.11 Å². The Morgan fingerprint density at radius 2 is 1.60 bits per heavy atom. The van der Waals surface area contributed by atoms with Crippen LogP contribution in [0.5, 0.6) is 0 Å². The Bertz CT molecular complexity index is 657. The van der Waals surface area contributed by atoms with Gasteiger partial charge in [0.2, 0.25) is 0 Å². The molecular formula is C16H15NO3. The van der Waals surface area contributed by atoms with Gasteiger partial charge in [-0.25, -0.2) is 4.79 Å². The van der Waals surface area contributed by atoms with Gasteiger partial charge in [-0.3, -0.25) is 4.79 Å². The van der Waals surface area contributed by atoms with Crippen LogP contribution in [0.25, 0.3) is 0 Å². The maximum absolute atomic E-state index is 12.1. The zero-order valence-corrected chi connectivity index (χ0v) is 11.3. The van der Waals surface area contributed by atoms with Crippen LogP contribution in [-0.2, 0) is 0 Å². The smallest absolute Gasteiger partial charge is 0.335 e. The van der Waals surface area contributed by atoms with E-state index in [1.54, 1.807) is 24.3 Å². The molecule has 2 rings (SSSR count). The summed E-state index contributed by atoms with van der Waals surface area (Å²) in [4.78, 5) is 23.0. The number of hydrogen-bond donors (Lipinski definition) is 2. The molecule has 2 aromatic carbocycles. The molecule has 0 aliphatic carbocycles. The van der Waals surface area contributed by atoms with Gasteiger partial charge in [0, 0.05) is 11.3 Å². The van der Waals surface area contributed by atoms with Crippen molar-refractivity contribution in [1.29, 1.82) is 0 Å². The maximum atomic E-state index is 12.1. The number of amides is 1. The largest absolute Gasteiger partial charge is 0.478 e. The van der Waals surface area contributed by atoms with E-state index in [9.17, 15) is 9.59 Å². The van der Waals surface area contributed by atoms with Crippen molar-refractivity contribution in [3.8, 4) is 0 Å². The third-order valence-electron chi connectivity index (χ3n) is 2.85. The van der Waals surface area contributed by atoms with E-state index in [-0.39, 0.29) is 11.5 Å². The highest BCUT2D eigenvalue weighted by atomic mass is 16.4. The number of carbonyl (C=O) groups excluding carboxylic acids is 1. The first kappa shape index (κ1) is 13.8. The second kappa shape index (κ2) is 5.57. The predicted molar refractivity (Wildman–Crippen MR) is 77.3 cm³/mol. The van der Waals surface area contributed by atoms with Crippen LogP contribution in [0.3, 0.4) is 0 Å². The quantitative estimate of drug-likeness (QED) is 0.898. The van der Waals surface area contributed by atoms with Gasteiger partial charge in [-0.1, -0.05) is 23.3 Å². The van der Waals surface area contributed by atoms with Gasteiger partial charge in [0.15, 0.2) is 0 Å². The van der Waals surface area contributed by atoms with E-state index in [0.29, 0.717) is 11.3 Å². The van der Waals surface area contributed by atoms with E-state index in [1.165, 1.54) is 12.1 Å². The number of rotatable bonds is 3.